The van der Waals surface area contributed by atoms with Crippen molar-refractivity contribution in [3.05, 3.63) is 34.9 Å². The van der Waals surface area contributed by atoms with Gasteiger partial charge in [0.15, 0.2) is 0 Å². The summed E-state index contributed by atoms with van der Waals surface area (Å²) in [6, 6.07) is 7.46. The lowest BCUT2D eigenvalue weighted by Crippen LogP contribution is -2.27. The topological polar surface area (TPSA) is 66.4 Å². The number of carbonyl (C=O) groups is 2. The molecule has 4 nitrogen and oxygen atoms in total. The Kier molecular flexibility index (Phi) is 6.36. The van der Waals surface area contributed by atoms with E-state index in [9.17, 15) is 9.59 Å². The Labute approximate surface area is 117 Å². The van der Waals surface area contributed by atoms with Gasteiger partial charge in [0.1, 0.15) is 0 Å². The average molecular weight is 284 g/mol. The van der Waals surface area contributed by atoms with E-state index in [1.165, 1.54) is 0 Å². The monoisotopic (exact) mass is 283 g/mol. The zero-order chi connectivity index (χ0) is 14.3. The molecule has 104 valence electrons. The van der Waals surface area contributed by atoms with Crippen molar-refractivity contribution in [3.63, 3.8) is 0 Å². The Hall–Kier alpha value is -1.55. The van der Waals surface area contributed by atoms with Crippen LogP contribution in [-0.4, -0.2) is 23.5 Å². The third-order valence-electron chi connectivity index (χ3n) is 2.71. The Morgan fingerprint density at radius 3 is 2.47 bits per heavy atom. The van der Waals surface area contributed by atoms with E-state index in [4.69, 9.17) is 16.7 Å². The summed E-state index contributed by atoms with van der Waals surface area (Å²) >= 11 is 5.78. The number of aliphatic carboxylic acids is 1. The first-order valence-electron chi connectivity index (χ1n) is 6.20. The molecule has 1 aromatic carbocycles. The molecular weight excluding hydrogens is 266 g/mol. The van der Waals surface area contributed by atoms with E-state index in [1.807, 2.05) is 24.3 Å². The number of nitrogens with one attached hydrogen (secondary N) is 1. The molecule has 0 aromatic heterocycles. The molecule has 0 saturated heterocycles. The van der Waals surface area contributed by atoms with E-state index in [-0.39, 0.29) is 24.7 Å². The molecule has 0 bridgehead atoms. The molecule has 0 radical (unpaired) electrons. The molecule has 1 atom stereocenters. The number of carboxylic acid groups (broad SMARTS) is 1. The van der Waals surface area contributed by atoms with Crippen LogP contribution in [0.1, 0.15) is 25.3 Å². The van der Waals surface area contributed by atoms with Crippen LogP contribution in [-0.2, 0) is 16.0 Å². The van der Waals surface area contributed by atoms with E-state index in [0.717, 1.165) is 12.0 Å². The van der Waals surface area contributed by atoms with Crippen molar-refractivity contribution in [2.24, 2.45) is 5.92 Å². The van der Waals surface area contributed by atoms with Gasteiger partial charge in [0.2, 0.25) is 5.91 Å². The first-order chi connectivity index (χ1) is 8.97. The summed E-state index contributed by atoms with van der Waals surface area (Å²) in [5.74, 6) is -1.13. The number of carbonyl (C=O) groups excluding carboxylic acids is 1. The highest BCUT2D eigenvalue weighted by Crippen LogP contribution is 2.10. The van der Waals surface area contributed by atoms with Gasteiger partial charge in [0.25, 0.3) is 0 Å². The predicted molar refractivity (Wildman–Crippen MR) is 74.2 cm³/mol. The van der Waals surface area contributed by atoms with Gasteiger partial charge >= 0.3 is 5.97 Å². The van der Waals surface area contributed by atoms with Crippen LogP contribution in [0.5, 0.6) is 0 Å². The third kappa shape index (κ3) is 6.82. The van der Waals surface area contributed by atoms with Gasteiger partial charge in [-0.25, -0.2) is 0 Å². The second-order valence-electron chi connectivity index (χ2n) is 4.63. The van der Waals surface area contributed by atoms with Crippen molar-refractivity contribution in [2.45, 2.75) is 26.2 Å². The minimum Gasteiger partial charge on any atom is -0.481 e. The van der Waals surface area contributed by atoms with E-state index >= 15 is 0 Å². The highest BCUT2D eigenvalue weighted by molar-refractivity contribution is 6.30. The van der Waals surface area contributed by atoms with Gasteiger partial charge in [0, 0.05) is 24.4 Å². The molecule has 5 heteroatoms. The minimum absolute atomic E-state index is 0.0185. The molecule has 0 aliphatic rings. The average Bonchev–Trinajstić information content (AvgIpc) is 2.30. The van der Waals surface area contributed by atoms with Crippen molar-refractivity contribution >= 4 is 23.5 Å². The van der Waals surface area contributed by atoms with Crippen LogP contribution in [0.2, 0.25) is 5.02 Å². The predicted octanol–water partition coefficient (Wildman–Crippen LogP) is 2.50. The number of carboxylic acids is 1. The summed E-state index contributed by atoms with van der Waals surface area (Å²) in [6.07, 6.45) is 0.994. The molecule has 0 aliphatic carbocycles. The van der Waals surface area contributed by atoms with Crippen molar-refractivity contribution in [1.82, 2.24) is 5.32 Å². The van der Waals surface area contributed by atoms with Crippen molar-refractivity contribution in [1.29, 1.82) is 0 Å². The number of rotatable bonds is 7. The van der Waals surface area contributed by atoms with E-state index in [1.54, 1.807) is 6.92 Å². The summed E-state index contributed by atoms with van der Waals surface area (Å²) in [5.41, 5.74) is 1.10. The fourth-order valence-corrected chi connectivity index (χ4v) is 1.88. The maximum Gasteiger partial charge on any atom is 0.303 e. The van der Waals surface area contributed by atoms with Crippen LogP contribution in [0, 0.1) is 5.92 Å². The largest absolute Gasteiger partial charge is 0.481 e. The molecular formula is C14H18ClNO3. The first-order valence-corrected chi connectivity index (χ1v) is 6.58. The normalized spacial score (nSPS) is 11.9. The van der Waals surface area contributed by atoms with Crippen LogP contribution in [0.15, 0.2) is 24.3 Å². The van der Waals surface area contributed by atoms with E-state index < -0.39 is 5.97 Å². The fourth-order valence-electron chi connectivity index (χ4n) is 1.76. The fraction of sp³-hybridized carbons (Fsp3) is 0.429. The summed E-state index contributed by atoms with van der Waals surface area (Å²) in [7, 11) is 0. The minimum atomic E-state index is -0.874. The highest BCUT2D eigenvalue weighted by Gasteiger charge is 2.12. The number of halogens is 1. The highest BCUT2D eigenvalue weighted by atomic mass is 35.5. The van der Waals surface area contributed by atoms with Crippen molar-refractivity contribution in [3.8, 4) is 0 Å². The molecule has 0 spiro atoms. The second kappa shape index (κ2) is 7.79. The Morgan fingerprint density at radius 2 is 1.89 bits per heavy atom. The van der Waals surface area contributed by atoms with Crippen LogP contribution in [0.4, 0.5) is 0 Å². The number of hydrogen-bond acceptors (Lipinski definition) is 2. The van der Waals surface area contributed by atoms with Crippen LogP contribution in [0.3, 0.4) is 0 Å². The molecule has 0 saturated carbocycles. The molecule has 1 rings (SSSR count). The van der Waals surface area contributed by atoms with Gasteiger partial charge in [-0.05, 0) is 30.0 Å². The quantitative estimate of drug-likeness (QED) is 0.808. The van der Waals surface area contributed by atoms with Gasteiger partial charge in [-0.15, -0.1) is 0 Å². The molecule has 0 aliphatic heterocycles. The zero-order valence-corrected chi connectivity index (χ0v) is 11.6. The lowest BCUT2D eigenvalue weighted by Gasteiger charge is -2.09. The van der Waals surface area contributed by atoms with Gasteiger partial charge in [-0.3, -0.25) is 9.59 Å². The van der Waals surface area contributed by atoms with Gasteiger partial charge < -0.3 is 10.4 Å². The van der Waals surface area contributed by atoms with Crippen molar-refractivity contribution < 1.29 is 14.7 Å². The Bertz CT molecular complexity index is 431. The lowest BCUT2D eigenvalue weighted by atomic mass is 10.0. The maximum absolute atomic E-state index is 11.6. The molecule has 1 aromatic rings. The molecule has 1 amide bonds. The summed E-state index contributed by atoms with van der Waals surface area (Å²) in [5, 5.41) is 12.1. The molecule has 0 unspecified atom stereocenters. The van der Waals surface area contributed by atoms with Crippen molar-refractivity contribution in [2.75, 3.05) is 6.54 Å². The SMILES string of the molecule is C[C@@H](CC(=O)O)CC(=O)NCCc1ccc(Cl)cc1. The Morgan fingerprint density at radius 1 is 1.26 bits per heavy atom. The van der Waals surface area contributed by atoms with Crippen LogP contribution < -0.4 is 5.32 Å². The summed E-state index contributed by atoms with van der Waals surface area (Å²) in [4.78, 5) is 22.0. The number of benzene rings is 1. The lowest BCUT2D eigenvalue weighted by molar-refractivity contribution is -0.138. The first kappa shape index (κ1) is 15.5. The molecule has 0 fully saturated rings. The van der Waals surface area contributed by atoms with E-state index in [2.05, 4.69) is 5.32 Å². The number of hydrogen-bond donors (Lipinski definition) is 2. The number of amides is 1. The van der Waals surface area contributed by atoms with Crippen LogP contribution >= 0.6 is 11.6 Å². The van der Waals surface area contributed by atoms with E-state index in [0.29, 0.717) is 11.6 Å². The van der Waals surface area contributed by atoms with Gasteiger partial charge in [-0.2, -0.15) is 0 Å². The van der Waals surface area contributed by atoms with Gasteiger partial charge in [-0.1, -0.05) is 30.7 Å². The standard InChI is InChI=1S/C14H18ClNO3/c1-10(9-14(18)19)8-13(17)16-7-6-11-2-4-12(15)5-3-11/h2-5,10H,6-9H2,1H3,(H,16,17)(H,18,19)/t10-/m1/s1. The maximum atomic E-state index is 11.6. The summed E-state index contributed by atoms with van der Waals surface area (Å²) in [6.45, 7) is 2.30. The molecule has 2 N–H and O–H groups in total. The molecule has 19 heavy (non-hydrogen) atoms. The molecule has 0 heterocycles. The second-order valence-corrected chi connectivity index (χ2v) is 5.07. The summed E-state index contributed by atoms with van der Waals surface area (Å²) < 4.78 is 0. The van der Waals surface area contributed by atoms with Crippen LogP contribution in [0.25, 0.3) is 0 Å². The third-order valence-corrected chi connectivity index (χ3v) is 2.96. The van der Waals surface area contributed by atoms with Gasteiger partial charge in [0.05, 0.1) is 0 Å². The Balaban J connectivity index is 2.23. The smallest absolute Gasteiger partial charge is 0.303 e. The zero-order valence-electron chi connectivity index (χ0n) is 10.9.